The van der Waals surface area contributed by atoms with E-state index in [9.17, 15) is 13.2 Å². The third-order valence-corrected chi connectivity index (χ3v) is 3.86. The molecule has 0 aromatic heterocycles. The van der Waals surface area contributed by atoms with E-state index in [2.05, 4.69) is 0 Å². The molecule has 0 radical (unpaired) electrons. The molecular formula is C13H16ClF3S. The van der Waals surface area contributed by atoms with E-state index in [1.54, 1.807) is 0 Å². The minimum Gasteiger partial charge on any atom is -0.160 e. The lowest BCUT2D eigenvalue weighted by atomic mass is 9.98. The quantitative estimate of drug-likeness (QED) is 0.663. The standard InChI is InChI=1S/C13H16ClF3S/c1-10-2-4-11(5-3-10)8-12(9-14)6-7-18-13(15,16)17/h2-5,12H,6-9H2,1H3. The van der Waals surface area contributed by atoms with Crippen LogP contribution in [0.5, 0.6) is 0 Å². The van der Waals surface area contributed by atoms with E-state index in [4.69, 9.17) is 11.6 Å². The highest BCUT2D eigenvalue weighted by Gasteiger charge is 2.27. The van der Waals surface area contributed by atoms with Crippen LogP contribution in [0.15, 0.2) is 24.3 Å². The Morgan fingerprint density at radius 1 is 1.22 bits per heavy atom. The van der Waals surface area contributed by atoms with Crippen molar-refractivity contribution in [2.45, 2.75) is 25.3 Å². The summed E-state index contributed by atoms with van der Waals surface area (Å²) in [4.78, 5) is 0. The van der Waals surface area contributed by atoms with Crippen LogP contribution in [0.25, 0.3) is 0 Å². The lowest BCUT2D eigenvalue weighted by molar-refractivity contribution is -0.0328. The van der Waals surface area contributed by atoms with Gasteiger partial charge in [-0.05, 0) is 31.2 Å². The summed E-state index contributed by atoms with van der Waals surface area (Å²) in [6.07, 6.45) is 1.23. The summed E-state index contributed by atoms with van der Waals surface area (Å²) in [5, 5.41) is 0. The summed E-state index contributed by atoms with van der Waals surface area (Å²) in [7, 11) is 0. The number of benzene rings is 1. The molecule has 1 aromatic carbocycles. The van der Waals surface area contributed by atoms with Gasteiger partial charge in [0, 0.05) is 11.6 Å². The number of thioether (sulfide) groups is 1. The first kappa shape index (κ1) is 15.7. The van der Waals surface area contributed by atoms with E-state index in [1.807, 2.05) is 31.2 Å². The number of aryl methyl sites for hydroxylation is 1. The van der Waals surface area contributed by atoms with Gasteiger partial charge in [0.05, 0.1) is 0 Å². The van der Waals surface area contributed by atoms with Crippen molar-refractivity contribution < 1.29 is 13.2 Å². The Kier molecular flexibility index (Phi) is 6.36. The molecule has 18 heavy (non-hydrogen) atoms. The smallest absolute Gasteiger partial charge is 0.160 e. The van der Waals surface area contributed by atoms with Crippen LogP contribution in [0.3, 0.4) is 0 Å². The van der Waals surface area contributed by atoms with Crippen molar-refractivity contribution in [2.24, 2.45) is 5.92 Å². The Bertz CT molecular complexity index is 348. The Balaban J connectivity index is 2.40. The molecule has 1 atom stereocenters. The molecule has 0 amide bonds. The highest BCUT2D eigenvalue weighted by atomic mass is 35.5. The zero-order valence-corrected chi connectivity index (χ0v) is 11.7. The first-order chi connectivity index (χ1) is 8.40. The lowest BCUT2D eigenvalue weighted by Crippen LogP contribution is -2.10. The second kappa shape index (κ2) is 7.29. The minimum atomic E-state index is -4.14. The topological polar surface area (TPSA) is 0 Å². The van der Waals surface area contributed by atoms with Gasteiger partial charge < -0.3 is 0 Å². The highest BCUT2D eigenvalue weighted by molar-refractivity contribution is 8.00. The molecule has 1 unspecified atom stereocenters. The summed E-state index contributed by atoms with van der Waals surface area (Å²) in [5.41, 5.74) is -1.84. The van der Waals surface area contributed by atoms with Crippen LogP contribution in [0, 0.1) is 12.8 Å². The predicted octanol–water partition coefficient (Wildman–Crippen LogP) is 5.04. The molecule has 0 aliphatic carbocycles. The molecule has 0 saturated carbocycles. The summed E-state index contributed by atoms with van der Waals surface area (Å²) in [6.45, 7) is 2.00. The van der Waals surface area contributed by atoms with E-state index < -0.39 is 5.51 Å². The molecule has 0 heterocycles. The van der Waals surface area contributed by atoms with Gasteiger partial charge in [-0.1, -0.05) is 41.6 Å². The molecule has 0 N–H and O–H groups in total. The molecule has 1 rings (SSSR count). The van der Waals surface area contributed by atoms with Gasteiger partial charge in [0.1, 0.15) is 0 Å². The second-order valence-electron chi connectivity index (χ2n) is 4.29. The van der Waals surface area contributed by atoms with Crippen LogP contribution in [-0.4, -0.2) is 17.1 Å². The van der Waals surface area contributed by atoms with Crippen molar-refractivity contribution >= 4 is 23.4 Å². The third kappa shape index (κ3) is 6.55. The zero-order valence-electron chi connectivity index (χ0n) is 10.1. The molecule has 0 fully saturated rings. The van der Waals surface area contributed by atoms with Gasteiger partial charge in [-0.3, -0.25) is 0 Å². The van der Waals surface area contributed by atoms with Gasteiger partial charge in [-0.2, -0.15) is 13.2 Å². The molecule has 1 aromatic rings. The fourth-order valence-electron chi connectivity index (χ4n) is 1.63. The maximum Gasteiger partial charge on any atom is 0.441 e. The van der Waals surface area contributed by atoms with Crippen molar-refractivity contribution in [1.29, 1.82) is 0 Å². The monoisotopic (exact) mass is 296 g/mol. The fraction of sp³-hybridized carbons (Fsp3) is 0.538. The molecular weight excluding hydrogens is 281 g/mol. The molecule has 0 nitrogen and oxygen atoms in total. The maximum absolute atomic E-state index is 12.0. The van der Waals surface area contributed by atoms with E-state index in [-0.39, 0.29) is 23.4 Å². The van der Waals surface area contributed by atoms with Crippen molar-refractivity contribution in [3.63, 3.8) is 0 Å². The second-order valence-corrected chi connectivity index (χ2v) is 5.76. The van der Waals surface area contributed by atoms with E-state index in [0.717, 1.165) is 12.0 Å². The predicted molar refractivity (Wildman–Crippen MR) is 72.2 cm³/mol. The highest BCUT2D eigenvalue weighted by Crippen LogP contribution is 2.31. The SMILES string of the molecule is Cc1ccc(CC(CCl)CCSC(F)(F)F)cc1. The largest absolute Gasteiger partial charge is 0.441 e. The average molecular weight is 297 g/mol. The Morgan fingerprint density at radius 3 is 2.33 bits per heavy atom. The van der Waals surface area contributed by atoms with Crippen LogP contribution in [0.2, 0.25) is 0 Å². The third-order valence-electron chi connectivity index (χ3n) is 2.66. The van der Waals surface area contributed by atoms with E-state index in [1.165, 1.54) is 5.56 Å². The van der Waals surface area contributed by atoms with Gasteiger partial charge in [0.25, 0.3) is 0 Å². The number of rotatable bonds is 6. The Hall–Kier alpha value is -0.350. The normalized spacial score (nSPS) is 13.6. The minimum absolute atomic E-state index is 0.0316. The molecule has 0 aliphatic rings. The maximum atomic E-state index is 12.0. The summed E-state index contributed by atoms with van der Waals surface area (Å²) in [5.74, 6) is 0.572. The molecule has 0 aliphatic heterocycles. The van der Waals surface area contributed by atoms with Crippen molar-refractivity contribution in [2.75, 3.05) is 11.6 Å². The molecule has 0 saturated heterocycles. The fourth-order valence-corrected chi connectivity index (χ4v) is 2.58. The van der Waals surface area contributed by atoms with Crippen molar-refractivity contribution in [3.05, 3.63) is 35.4 Å². The first-order valence-electron chi connectivity index (χ1n) is 5.73. The number of halogens is 4. The summed E-state index contributed by atoms with van der Waals surface area (Å²) in [6, 6.07) is 8.02. The van der Waals surface area contributed by atoms with Crippen LogP contribution in [0.4, 0.5) is 13.2 Å². The van der Waals surface area contributed by atoms with Crippen LogP contribution < -0.4 is 0 Å². The number of alkyl halides is 4. The Morgan fingerprint density at radius 2 is 1.83 bits per heavy atom. The van der Waals surface area contributed by atoms with Crippen LogP contribution >= 0.6 is 23.4 Å². The van der Waals surface area contributed by atoms with Gasteiger partial charge in [0.15, 0.2) is 0 Å². The van der Waals surface area contributed by atoms with E-state index >= 15 is 0 Å². The summed E-state index contributed by atoms with van der Waals surface area (Å²) < 4.78 is 36.0. The molecule has 102 valence electrons. The number of hydrogen-bond acceptors (Lipinski definition) is 1. The first-order valence-corrected chi connectivity index (χ1v) is 7.25. The number of hydrogen-bond donors (Lipinski definition) is 0. The average Bonchev–Trinajstić information content (AvgIpc) is 2.29. The lowest BCUT2D eigenvalue weighted by Gasteiger charge is -2.14. The molecule has 5 heteroatoms. The van der Waals surface area contributed by atoms with Crippen LogP contribution in [-0.2, 0) is 6.42 Å². The van der Waals surface area contributed by atoms with Crippen molar-refractivity contribution in [1.82, 2.24) is 0 Å². The van der Waals surface area contributed by atoms with Crippen LogP contribution in [0.1, 0.15) is 17.5 Å². The molecule has 0 bridgehead atoms. The molecule has 0 spiro atoms. The van der Waals surface area contributed by atoms with Gasteiger partial charge in [0.2, 0.25) is 0 Å². The zero-order chi connectivity index (χ0) is 13.6. The van der Waals surface area contributed by atoms with Gasteiger partial charge >= 0.3 is 5.51 Å². The van der Waals surface area contributed by atoms with Gasteiger partial charge in [-0.25, -0.2) is 0 Å². The summed E-state index contributed by atoms with van der Waals surface area (Å²) >= 11 is 5.84. The van der Waals surface area contributed by atoms with Gasteiger partial charge in [-0.15, -0.1) is 11.6 Å². The Labute approximate surface area is 115 Å². The van der Waals surface area contributed by atoms with Crippen molar-refractivity contribution in [3.8, 4) is 0 Å². The van der Waals surface area contributed by atoms with E-state index in [0.29, 0.717) is 12.3 Å².